The van der Waals surface area contributed by atoms with Crippen LogP contribution in [0.25, 0.3) is 0 Å². The number of ether oxygens (including phenoxy) is 5. The Kier molecular flexibility index (Phi) is 82.3. The summed E-state index contributed by atoms with van der Waals surface area (Å²) in [6.45, 7) is 10.7. The molecule has 0 aromatic heterocycles. The van der Waals surface area contributed by atoms with Crippen molar-refractivity contribution in [3.63, 3.8) is 0 Å². The standard InChI is InChI=1S/C96H172O11/c1-6-11-16-21-26-31-36-41-46-51-56-61-66-71-76-81-90(98)103-87-89(105-92(100)83-78-73-68-63-58-53-48-43-38-33-28-23-18-13-8-3)96(107-94(102)85-80-75-70-65-60-55-50-45-40-35-30-25-20-15-10-5)95(106-93(101)84-79-74-69-64-59-54-49-44-39-34-29-24-19-14-9-4)88(86-97)104-91(99)82-77-72-67-62-57-52-47-42-37-32-27-22-17-12-7-2/h41-50,86,88-89,95-96H,6-40,51-85,87H2,1-5H3/t88-,89+,95+,96-/m0/s1. The average molecular weight is 1500 g/mol. The fraction of sp³-hybridized carbons (Fsp3) is 0.833. The van der Waals surface area contributed by atoms with E-state index < -0.39 is 60.9 Å². The van der Waals surface area contributed by atoms with Gasteiger partial charge in [-0.25, -0.2) is 0 Å². The lowest BCUT2D eigenvalue weighted by molar-refractivity contribution is -0.204. The molecule has 0 N–H and O–H groups in total. The van der Waals surface area contributed by atoms with Crippen molar-refractivity contribution in [1.82, 2.24) is 0 Å². The van der Waals surface area contributed by atoms with E-state index in [1.54, 1.807) is 0 Å². The Hall–Kier alpha value is -4.28. The highest BCUT2D eigenvalue weighted by atomic mass is 16.6. The largest absolute Gasteiger partial charge is 0.462 e. The molecule has 11 nitrogen and oxygen atoms in total. The summed E-state index contributed by atoms with van der Waals surface area (Å²) in [5.41, 5.74) is 0. The number of hydrogen-bond acceptors (Lipinski definition) is 11. The summed E-state index contributed by atoms with van der Waals surface area (Å²) >= 11 is 0. The SMILES string of the molecule is CCCCCCCCC=CCCCCCCCC(=O)OC[C@@H](OC(=O)CCCCCCCC=CCCCCCCCC)[C@H](OC(=O)CCCCCCCC=CCCCCCCCC)[C@H](OC(=O)CCCCCCCC=CCCCCCCCC)[C@H](C=O)OC(=O)CCCCCCCC=CCCCCCCCC. The third-order valence-electron chi connectivity index (χ3n) is 20.9. The predicted octanol–water partition coefficient (Wildman–Crippen LogP) is 29.6. The number of esters is 5. The summed E-state index contributed by atoms with van der Waals surface area (Å²) in [7, 11) is 0. The van der Waals surface area contributed by atoms with Gasteiger partial charge in [0, 0.05) is 32.1 Å². The fourth-order valence-corrected chi connectivity index (χ4v) is 13.9. The molecule has 0 aliphatic carbocycles. The van der Waals surface area contributed by atoms with Gasteiger partial charge < -0.3 is 23.7 Å². The molecule has 0 aromatic rings. The first-order valence-corrected chi connectivity index (χ1v) is 46.3. The highest BCUT2D eigenvalue weighted by Crippen LogP contribution is 2.25. The fourth-order valence-electron chi connectivity index (χ4n) is 13.9. The molecule has 0 radical (unpaired) electrons. The molecule has 0 aromatic carbocycles. The zero-order valence-electron chi connectivity index (χ0n) is 70.9. The van der Waals surface area contributed by atoms with Crippen molar-refractivity contribution in [3.8, 4) is 0 Å². The molecule has 11 heteroatoms. The van der Waals surface area contributed by atoms with Crippen molar-refractivity contribution in [2.24, 2.45) is 0 Å². The van der Waals surface area contributed by atoms with Gasteiger partial charge in [0.1, 0.15) is 6.61 Å². The molecule has 0 rings (SSSR count). The van der Waals surface area contributed by atoms with E-state index in [4.69, 9.17) is 23.7 Å². The number of carbonyl (C=O) groups is 6. The van der Waals surface area contributed by atoms with Gasteiger partial charge in [-0.05, 0) is 161 Å². The molecule has 0 amide bonds. The topological polar surface area (TPSA) is 149 Å². The van der Waals surface area contributed by atoms with Crippen LogP contribution in [0.4, 0.5) is 0 Å². The molecule has 4 atom stereocenters. The van der Waals surface area contributed by atoms with Gasteiger partial charge in [0.05, 0.1) is 0 Å². The number of rotatable bonds is 85. The van der Waals surface area contributed by atoms with E-state index in [2.05, 4.69) is 95.4 Å². The lowest BCUT2D eigenvalue weighted by Crippen LogP contribution is -2.54. The second-order valence-electron chi connectivity index (χ2n) is 31.4. The quantitative estimate of drug-likeness (QED) is 0.0188. The van der Waals surface area contributed by atoms with E-state index in [1.807, 2.05) is 0 Å². The van der Waals surface area contributed by atoms with Crippen LogP contribution in [0.3, 0.4) is 0 Å². The van der Waals surface area contributed by atoms with Gasteiger partial charge in [-0.3, -0.25) is 28.8 Å². The highest BCUT2D eigenvalue weighted by Gasteiger charge is 2.45. The molecule has 0 spiro atoms. The molecular weight excluding hydrogens is 1330 g/mol. The van der Waals surface area contributed by atoms with E-state index in [0.717, 1.165) is 193 Å². The van der Waals surface area contributed by atoms with Crippen LogP contribution in [-0.2, 0) is 52.5 Å². The lowest BCUT2D eigenvalue weighted by Gasteiger charge is -2.34. The molecule has 0 bridgehead atoms. The van der Waals surface area contributed by atoms with Crippen LogP contribution in [0.15, 0.2) is 60.8 Å². The normalized spacial score (nSPS) is 13.0. The van der Waals surface area contributed by atoms with Gasteiger partial charge in [0.15, 0.2) is 30.7 Å². The van der Waals surface area contributed by atoms with Crippen molar-refractivity contribution >= 4 is 36.1 Å². The number of aldehydes is 1. The van der Waals surface area contributed by atoms with Gasteiger partial charge in [0.2, 0.25) is 0 Å². The third kappa shape index (κ3) is 75.5. The summed E-state index contributed by atoms with van der Waals surface area (Å²) in [4.78, 5) is 84.2. The number of allylic oxidation sites excluding steroid dienone is 10. The Morgan fingerprint density at radius 2 is 0.402 bits per heavy atom. The van der Waals surface area contributed by atoms with Crippen molar-refractivity contribution < 1.29 is 52.5 Å². The summed E-state index contributed by atoms with van der Waals surface area (Å²) in [6.07, 6.45) is 88.8. The minimum atomic E-state index is -1.72. The van der Waals surface area contributed by atoms with E-state index >= 15 is 0 Å². The maximum absolute atomic E-state index is 14.4. The van der Waals surface area contributed by atoms with Crippen molar-refractivity contribution in [1.29, 1.82) is 0 Å². The van der Waals surface area contributed by atoms with Crippen LogP contribution in [0, 0.1) is 0 Å². The zero-order valence-corrected chi connectivity index (χ0v) is 70.9. The second kappa shape index (κ2) is 85.7. The minimum absolute atomic E-state index is 0.00353. The summed E-state index contributed by atoms with van der Waals surface area (Å²) in [6, 6.07) is 0. The monoisotopic (exact) mass is 1500 g/mol. The van der Waals surface area contributed by atoms with E-state index in [9.17, 15) is 28.8 Å². The van der Waals surface area contributed by atoms with Gasteiger partial charge in [-0.2, -0.15) is 0 Å². The first kappa shape index (κ1) is 103. The molecule has 0 saturated heterocycles. The van der Waals surface area contributed by atoms with Crippen LogP contribution in [0.2, 0.25) is 0 Å². The van der Waals surface area contributed by atoms with Crippen molar-refractivity contribution in [2.45, 2.75) is 508 Å². The van der Waals surface area contributed by atoms with E-state index in [0.29, 0.717) is 38.4 Å². The Labute approximate surface area is 660 Å². The summed E-state index contributed by atoms with van der Waals surface area (Å²) in [5, 5.41) is 0. The molecule has 0 fully saturated rings. The number of hydrogen-bond donors (Lipinski definition) is 0. The average Bonchev–Trinajstić information content (AvgIpc) is 0.826. The van der Waals surface area contributed by atoms with Crippen LogP contribution in [0.5, 0.6) is 0 Å². The summed E-state index contributed by atoms with van der Waals surface area (Å²) < 4.78 is 30.9. The maximum atomic E-state index is 14.4. The minimum Gasteiger partial charge on any atom is -0.462 e. The smallest absolute Gasteiger partial charge is 0.306 e. The van der Waals surface area contributed by atoms with Gasteiger partial charge in [-0.15, -0.1) is 0 Å². The van der Waals surface area contributed by atoms with Crippen LogP contribution < -0.4 is 0 Å². The predicted molar refractivity (Wildman–Crippen MR) is 454 cm³/mol. The Balaban J connectivity index is 6.75. The lowest BCUT2D eigenvalue weighted by atomic mass is 10.0. The molecule has 107 heavy (non-hydrogen) atoms. The first-order chi connectivity index (χ1) is 52.7. The third-order valence-corrected chi connectivity index (χ3v) is 20.9. The molecule has 0 saturated carbocycles. The van der Waals surface area contributed by atoms with Crippen LogP contribution in [0.1, 0.15) is 484 Å². The van der Waals surface area contributed by atoms with E-state index in [-0.39, 0.29) is 32.1 Å². The summed E-state index contributed by atoms with van der Waals surface area (Å²) in [5.74, 6) is -3.06. The Morgan fingerprint density at radius 1 is 0.215 bits per heavy atom. The molecule has 0 aliphatic heterocycles. The molecule has 0 aliphatic rings. The van der Waals surface area contributed by atoms with E-state index in [1.165, 1.54) is 193 Å². The van der Waals surface area contributed by atoms with Crippen LogP contribution in [-0.4, -0.2) is 67.2 Å². The molecule has 0 unspecified atom stereocenters. The molecule has 622 valence electrons. The zero-order chi connectivity index (χ0) is 77.7. The Bertz CT molecular complexity index is 2110. The van der Waals surface area contributed by atoms with Crippen LogP contribution >= 0.6 is 0 Å². The second-order valence-corrected chi connectivity index (χ2v) is 31.4. The maximum Gasteiger partial charge on any atom is 0.306 e. The highest BCUT2D eigenvalue weighted by molar-refractivity contribution is 5.75. The first-order valence-electron chi connectivity index (χ1n) is 46.3. The molecule has 0 heterocycles. The van der Waals surface area contributed by atoms with Crippen molar-refractivity contribution in [2.75, 3.05) is 6.61 Å². The van der Waals surface area contributed by atoms with Crippen molar-refractivity contribution in [3.05, 3.63) is 60.8 Å². The van der Waals surface area contributed by atoms with Gasteiger partial charge in [0.25, 0.3) is 0 Å². The van der Waals surface area contributed by atoms with Gasteiger partial charge in [-0.1, -0.05) is 352 Å². The Morgan fingerprint density at radius 3 is 0.636 bits per heavy atom. The molecular formula is C96H172O11. The number of unbranched alkanes of at least 4 members (excludes halogenated alkanes) is 55. The van der Waals surface area contributed by atoms with Gasteiger partial charge >= 0.3 is 29.8 Å². The number of carbonyl (C=O) groups excluding carboxylic acids is 6.